The van der Waals surface area contributed by atoms with E-state index in [1.807, 2.05) is 0 Å². The van der Waals surface area contributed by atoms with Crippen LogP contribution in [0.25, 0.3) is 0 Å². The monoisotopic (exact) mass is 260 g/mol. The highest BCUT2D eigenvalue weighted by atomic mass is 16.5. The van der Waals surface area contributed by atoms with Gasteiger partial charge in [-0.15, -0.1) is 0 Å². The molecule has 0 radical (unpaired) electrons. The van der Waals surface area contributed by atoms with Crippen molar-refractivity contribution in [2.45, 2.75) is 31.8 Å². The maximum Gasteiger partial charge on any atom is 0.339 e. The van der Waals surface area contributed by atoms with Crippen molar-refractivity contribution < 1.29 is 19.4 Å². The van der Waals surface area contributed by atoms with Gasteiger partial charge in [-0.05, 0) is 49.7 Å². The summed E-state index contributed by atoms with van der Waals surface area (Å²) in [5, 5.41) is 9.07. The van der Waals surface area contributed by atoms with E-state index in [0.717, 1.165) is 19.3 Å². The fraction of sp³-hybridized carbons (Fsp3) is 0.467. The smallest absolute Gasteiger partial charge is 0.339 e. The lowest BCUT2D eigenvalue weighted by Crippen LogP contribution is -2.25. The summed E-state index contributed by atoms with van der Waals surface area (Å²) in [7, 11) is 0. The Balaban J connectivity index is 1.76. The quantitative estimate of drug-likeness (QED) is 0.849. The first-order valence-corrected chi connectivity index (χ1v) is 6.68. The second-order valence-corrected chi connectivity index (χ2v) is 5.47. The second kappa shape index (κ2) is 4.68. The van der Waals surface area contributed by atoms with Crippen LogP contribution in [0.15, 0.2) is 24.3 Å². The minimum absolute atomic E-state index is 0.00987. The van der Waals surface area contributed by atoms with Gasteiger partial charge < -0.3 is 9.84 Å². The van der Waals surface area contributed by atoms with Gasteiger partial charge in [-0.2, -0.15) is 0 Å². The molecule has 0 saturated heterocycles. The molecule has 2 fully saturated rings. The molecule has 0 aliphatic heterocycles. The highest BCUT2D eigenvalue weighted by Crippen LogP contribution is 2.46. The fourth-order valence-electron chi connectivity index (χ4n) is 3.38. The molecule has 1 N–H and O–H groups in total. The van der Waals surface area contributed by atoms with Crippen molar-refractivity contribution in [1.29, 1.82) is 0 Å². The molecule has 3 atom stereocenters. The van der Waals surface area contributed by atoms with E-state index in [2.05, 4.69) is 0 Å². The topological polar surface area (TPSA) is 63.6 Å². The first-order valence-electron chi connectivity index (χ1n) is 6.68. The number of hydrogen-bond donors (Lipinski definition) is 1. The van der Waals surface area contributed by atoms with E-state index >= 15 is 0 Å². The van der Waals surface area contributed by atoms with Crippen LogP contribution in [0.3, 0.4) is 0 Å². The molecular formula is C15H16O4. The first-order chi connectivity index (χ1) is 9.15. The number of carbonyl (C=O) groups excluding carboxylic acids is 1. The molecule has 0 spiro atoms. The maximum absolute atomic E-state index is 12.1. The van der Waals surface area contributed by atoms with Gasteiger partial charge in [0.2, 0.25) is 0 Å². The van der Waals surface area contributed by atoms with Crippen molar-refractivity contribution in [3.05, 3.63) is 35.4 Å². The SMILES string of the molecule is O=C(O)c1ccccc1C(=O)O[C@@H]1C[C@@H]2CC[C@@H]1C2. The molecule has 4 nitrogen and oxygen atoms in total. The summed E-state index contributed by atoms with van der Waals surface area (Å²) in [6.07, 6.45) is 4.44. The molecule has 2 aliphatic rings. The molecule has 1 aromatic carbocycles. The van der Waals surface area contributed by atoms with Crippen molar-refractivity contribution >= 4 is 11.9 Å². The van der Waals surface area contributed by atoms with Crippen LogP contribution in [-0.4, -0.2) is 23.1 Å². The third-order valence-corrected chi connectivity index (χ3v) is 4.31. The number of ether oxygens (including phenoxy) is 1. The van der Waals surface area contributed by atoms with Crippen molar-refractivity contribution in [2.75, 3.05) is 0 Å². The highest BCUT2D eigenvalue weighted by Gasteiger charge is 2.42. The molecule has 100 valence electrons. The second-order valence-electron chi connectivity index (χ2n) is 5.47. The molecule has 0 aromatic heterocycles. The molecule has 19 heavy (non-hydrogen) atoms. The van der Waals surface area contributed by atoms with Gasteiger partial charge in [0.05, 0.1) is 11.1 Å². The van der Waals surface area contributed by atoms with Crippen molar-refractivity contribution in [3.63, 3.8) is 0 Å². The van der Waals surface area contributed by atoms with Crippen LogP contribution in [0.5, 0.6) is 0 Å². The Labute approximate surface area is 111 Å². The Kier molecular flexibility index (Phi) is 3.01. The normalized spacial score (nSPS) is 28.3. The third kappa shape index (κ3) is 2.23. The Bertz CT molecular complexity index is 523. The van der Waals surface area contributed by atoms with Gasteiger partial charge in [0.25, 0.3) is 0 Å². The largest absolute Gasteiger partial charge is 0.478 e. The summed E-state index contributed by atoms with van der Waals surface area (Å²) in [5.74, 6) is -0.431. The molecule has 2 saturated carbocycles. The lowest BCUT2D eigenvalue weighted by atomic mass is 9.97. The van der Waals surface area contributed by atoms with Gasteiger partial charge in [0.1, 0.15) is 6.10 Å². The van der Waals surface area contributed by atoms with E-state index in [-0.39, 0.29) is 17.2 Å². The predicted molar refractivity (Wildman–Crippen MR) is 68.1 cm³/mol. The van der Waals surface area contributed by atoms with E-state index in [4.69, 9.17) is 9.84 Å². The number of rotatable bonds is 3. The van der Waals surface area contributed by atoms with Crippen LogP contribution in [0.4, 0.5) is 0 Å². The van der Waals surface area contributed by atoms with E-state index in [1.54, 1.807) is 12.1 Å². The summed E-state index contributed by atoms with van der Waals surface area (Å²) < 4.78 is 5.52. The Hall–Kier alpha value is -1.84. The number of carbonyl (C=O) groups is 2. The van der Waals surface area contributed by atoms with E-state index in [0.29, 0.717) is 11.8 Å². The average molecular weight is 260 g/mol. The Morgan fingerprint density at radius 2 is 1.84 bits per heavy atom. The zero-order valence-electron chi connectivity index (χ0n) is 10.5. The molecule has 3 rings (SSSR count). The minimum atomic E-state index is -1.10. The molecule has 2 aliphatic carbocycles. The van der Waals surface area contributed by atoms with Crippen molar-refractivity contribution in [3.8, 4) is 0 Å². The van der Waals surface area contributed by atoms with Crippen LogP contribution in [0, 0.1) is 11.8 Å². The highest BCUT2D eigenvalue weighted by molar-refractivity contribution is 6.02. The fourth-order valence-corrected chi connectivity index (χ4v) is 3.38. The summed E-state index contributed by atoms with van der Waals surface area (Å²) in [4.78, 5) is 23.2. The first kappa shape index (κ1) is 12.2. The van der Waals surface area contributed by atoms with Gasteiger partial charge in [0.15, 0.2) is 0 Å². The molecular weight excluding hydrogens is 244 g/mol. The van der Waals surface area contributed by atoms with Crippen LogP contribution in [-0.2, 0) is 4.74 Å². The number of carboxylic acid groups (broad SMARTS) is 1. The van der Waals surface area contributed by atoms with E-state index in [1.165, 1.54) is 18.6 Å². The van der Waals surface area contributed by atoms with E-state index < -0.39 is 11.9 Å². The number of benzene rings is 1. The van der Waals surface area contributed by atoms with Crippen molar-refractivity contribution in [1.82, 2.24) is 0 Å². The van der Waals surface area contributed by atoms with Crippen molar-refractivity contribution in [2.24, 2.45) is 11.8 Å². The zero-order valence-corrected chi connectivity index (χ0v) is 10.5. The average Bonchev–Trinajstić information content (AvgIpc) is 3.01. The number of aromatic carboxylic acids is 1. The Morgan fingerprint density at radius 3 is 2.42 bits per heavy atom. The molecule has 0 amide bonds. The molecule has 4 heteroatoms. The summed E-state index contributed by atoms with van der Waals surface area (Å²) in [6.45, 7) is 0. The van der Waals surface area contributed by atoms with Crippen LogP contribution in [0.1, 0.15) is 46.4 Å². The summed E-state index contributed by atoms with van der Waals surface area (Å²) >= 11 is 0. The van der Waals surface area contributed by atoms with Crippen LogP contribution >= 0.6 is 0 Å². The lowest BCUT2D eigenvalue weighted by Gasteiger charge is -2.22. The van der Waals surface area contributed by atoms with Gasteiger partial charge in [-0.25, -0.2) is 9.59 Å². The minimum Gasteiger partial charge on any atom is -0.478 e. The molecule has 2 bridgehead atoms. The number of fused-ring (bicyclic) bond motifs is 2. The third-order valence-electron chi connectivity index (χ3n) is 4.31. The number of hydrogen-bond acceptors (Lipinski definition) is 3. The van der Waals surface area contributed by atoms with Gasteiger partial charge >= 0.3 is 11.9 Å². The summed E-state index contributed by atoms with van der Waals surface area (Å²) in [5.41, 5.74) is 0.161. The molecule has 0 heterocycles. The predicted octanol–water partition coefficient (Wildman–Crippen LogP) is 2.73. The van der Waals surface area contributed by atoms with Gasteiger partial charge in [-0.3, -0.25) is 0 Å². The number of esters is 1. The number of carboxylic acids is 1. The van der Waals surface area contributed by atoms with Crippen LogP contribution in [0.2, 0.25) is 0 Å². The standard InChI is InChI=1S/C15H16O4/c16-14(17)11-3-1-2-4-12(11)15(18)19-13-8-9-5-6-10(13)7-9/h1-4,9-10,13H,5-8H2,(H,16,17)/t9-,10-,13-/m1/s1. The summed E-state index contributed by atoms with van der Waals surface area (Å²) in [6, 6.07) is 6.21. The Morgan fingerprint density at radius 1 is 1.11 bits per heavy atom. The zero-order chi connectivity index (χ0) is 13.4. The lowest BCUT2D eigenvalue weighted by molar-refractivity contribution is 0.0154. The molecule has 0 unspecified atom stereocenters. The van der Waals surface area contributed by atoms with Gasteiger partial charge in [-0.1, -0.05) is 12.1 Å². The van der Waals surface area contributed by atoms with Crippen LogP contribution < -0.4 is 0 Å². The van der Waals surface area contributed by atoms with E-state index in [9.17, 15) is 9.59 Å². The van der Waals surface area contributed by atoms with Gasteiger partial charge in [0, 0.05) is 0 Å². The molecule has 1 aromatic rings. The maximum atomic E-state index is 12.1.